The van der Waals surface area contributed by atoms with Gasteiger partial charge in [-0.3, -0.25) is 4.79 Å². The van der Waals surface area contributed by atoms with E-state index in [4.69, 9.17) is 11.6 Å². The van der Waals surface area contributed by atoms with Crippen LogP contribution in [0.5, 0.6) is 0 Å². The maximum Gasteiger partial charge on any atom is 0.162 e. The van der Waals surface area contributed by atoms with Crippen LogP contribution < -0.4 is 0 Å². The number of halogens is 1. The standard InChI is InChI=1S/C19H21ClNO2S2.Y/c1-2-16(22)12-3-5-13(6-4-12)18-14(15(20)11-17(18)23)7-9-24-19-21-8-10-25-19;/h3-6,8,14-15,17-18,23H,2,7,9,11H2,1H3;/q-1;/t14?,15-,17-,18?;/m1./s1. The van der Waals surface area contributed by atoms with Crippen LogP contribution in [0.2, 0.25) is 0 Å². The molecule has 4 atom stereocenters. The first kappa shape index (κ1) is 22.5. The predicted molar refractivity (Wildman–Crippen MR) is 104 cm³/mol. The molecule has 0 spiro atoms. The molecule has 0 saturated heterocycles. The quantitative estimate of drug-likeness (QED) is 0.266. The van der Waals surface area contributed by atoms with Crippen LogP contribution >= 0.6 is 34.7 Å². The van der Waals surface area contributed by atoms with Gasteiger partial charge in [-0.05, 0) is 34.4 Å². The molecule has 3 nitrogen and oxygen atoms in total. The second kappa shape index (κ2) is 10.7. The summed E-state index contributed by atoms with van der Waals surface area (Å²) in [6.07, 6.45) is 3.30. The Morgan fingerprint density at radius 3 is 2.77 bits per heavy atom. The van der Waals surface area contributed by atoms with Gasteiger partial charge < -0.3 is 21.4 Å². The third kappa shape index (κ3) is 5.39. The van der Waals surface area contributed by atoms with Crippen molar-refractivity contribution in [1.29, 1.82) is 0 Å². The van der Waals surface area contributed by atoms with Gasteiger partial charge in [0, 0.05) is 56.0 Å². The minimum atomic E-state index is -0.432. The van der Waals surface area contributed by atoms with Crippen molar-refractivity contribution in [3.63, 3.8) is 0 Å². The number of hydrogen-bond acceptors (Lipinski definition) is 5. The Bertz CT molecular complexity index is 696. The van der Waals surface area contributed by atoms with E-state index in [0.29, 0.717) is 12.8 Å². The Labute approximate surface area is 193 Å². The van der Waals surface area contributed by atoms with Crippen LogP contribution in [0.3, 0.4) is 0 Å². The summed E-state index contributed by atoms with van der Waals surface area (Å²) < 4.78 is 1.02. The molecule has 1 N–H and O–H groups in total. The topological polar surface area (TPSA) is 50.2 Å². The number of Topliss-reactive ketones (excluding diaryl/α,β-unsaturated/α-hetero) is 1. The van der Waals surface area contributed by atoms with Crippen molar-refractivity contribution in [3.8, 4) is 0 Å². The first-order valence-electron chi connectivity index (χ1n) is 8.50. The predicted octanol–water partition coefficient (Wildman–Crippen LogP) is 4.79. The molecular formula is C19H21ClNO2S2Y-. The number of ketones is 1. The van der Waals surface area contributed by atoms with Crippen LogP contribution in [0.25, 0.3) is 0 Å². The number of thiazole rings is 1. The zero-order chi connectivity index (χ0) is 17.8. The fraction of sp³-hybridized carbons (Fsp3) is 0.474. The van der Waals surface area contributed by atoms with E-state index in [1.54, 1.807) is 18.0 Å². The molecule has 137 valence electrons. The number of alkyl halides is 1. The summed E-state index contributed by atoms with van der Waals surface area (Å²) in [6, 6.07) is 7.68. The van der Waals surface area contributed by atoms with E-state index in [2.05, 4.69) is 10.4 Å². The Balaban J connectivity index is 0.00000243. The summed E-state index contributed by atoms with van der Waals surface area (Å²) in [7, 11) is 0. The number of rotatable bonds is 7. The second-order valence-corrected chi connectivity index (χ2v) is 9.02. The number of aromatic nitrogens is 1. The summed E-state index contributed by atoms with van der Waals surface area (Å²) in [5.74, 6) is 1.31. The number of nitrogens with zero attached hydrogens (tertiary/aromatic N) is 1. The number of thioether (sulfide) groups is 1. The van der Waals surface area contributed by atoms with E-state index in [9.17, 15) is 9.90 Å². The van der Waals surface area contributed by atoms with Crippen LogP contribution in [0.4, 0.5) is 0 Å². The van der Waals surface area contributed by atoms with Gasteiger partial charge in [0.2, 0.25) is 0 Å². The van der Waals surface area contributed by atoms with Gasteiger partial charge in [-0.2, -0.15) is 17.1 Å². The molecule has 1 saturated carbocycles. The Morgan fingerprint density at radius 1 is 1.42 bits per heavy atom. The molecule has 1 aliphatic rings. The molecule has 0 amide bonds. The van der Waals surface area contributed by atoms with Crippen molar-refractivity contribution < 1.29 is 42.6 Å². The normalized spacial score (nSPS) is 25.0. The van der Waals surface area contributed by atoms with Gasteiger partial charge in [0.1, 0.15) is 0 Å². The zero-order valence-electron chi connectivity index (χ0n) is 14.6. The molecule has 1 heterocycles. The summed E-state index contributed by atoms with van der Waals surface area (Å²) in [6.45, 7) is 1.86. The van der Waals surface area contributed by atoms with Crippen LogP contribution in [0, 0.1) is 11.3 Å². The van der Waals surface area contributed by atoms with Crippen molar-refractivity contribution in [2.75, 3.05) is 5.75 Å². The monoisotopic (exact) mass is 483 g/mol. The summed E-state index contributed by atoms with van der Waals surface area (Å²) in [5, 5.41) is 13.5. The van der Waals surface area contributed by atoms with Gasteiger partial charge in [0.15, 0.2) is 5.78 Å². The van der Waals surface area contributed by atoms with Gasteiger partial charge in [0.25, 0.3) is 0 Å². The third-order valence-corrected chi connectivity index (χ3v) is 7.19. The van der Waals surface area contributed by atoms with Crippen molar-refractivity contribution in [2.45, 2.75) is 47.9 Å². The second-order valence-electron chi connectivity index (χ2n) is 6.29. The molecule has 0 aliphatic heterocycles. The minimum Gasteiger partial charge on any atom is -0.392 e. The van der Waals surface area contributed by atoms with E-state index in [1.165, 1.54) is 11.3 Å². The Kier molecular flexibility index (Phi) is 9.25. The van der Waals surface area contributed by atoms with Crippen LogP contribution in [0.1, 0.15) is 48.0 Å². The number of aliphatic hydroxyl groups excluding tert-OH is 1. The molecule has 1 fully saturated rings. The number of aliphatic hydroxyl groups is 1. The molecule has 2 aromatic rings. The molecule has 1 aromatic carbocycles. The fourth-order valence-electron chi connectivity index (χ4n) is 3.52. The van der Waals surface area contributed by atoms with Crippen LogP contribution in [-0.4, -0.2) is 33.1 Å². The number of carbonyl (C=O) groups excluding carboxylic acids is 1. The van der Waals surface area contributed by atoms with E-state index >= 15 is 0 Å². The maximum absolute atomic E-state index is 11.8. The van der Waals surface area contributed by atoms with Crippen molar-refractivity contribution in [1.82, 2.24) is 4.98 Å². The van der Waals surface area contributed by atoms with Gasteiger partial charge >= 0.3 is 0 Å². The zero-order valence-corrected chi connectivity index (χ0v) is 19.8. The first-order chi connectivity index (χ1) is 12.1. The van der Waals surface area contributed by atoms with Crippen molar-refractivity contribution >= 4 is 40.5 Å². The molecule has 7 heteroatoms. The van der Waals surface area contributed by atoms with Crippen LogP contribution in [-0.2, 0) is 32.7 Å². The summed E-state index contributed by atoms with van der Waals surface area (Å²) in [4.78, 5) is 16.0. The molecule has 2 unspecified atom stereocenters. The third-order valence-electron chi connectivity index (χ3n) is 4.79. The molecule has 3 rings (SSSR count). The maximum atomic E-state index is 11.8. The number of benzene rings is 1. The van der Waals surface area contributed by atoms with Crippen LogP contribution in [0.15, 0.2) is 34.8 Å². The van der Waals surface area contributed by atoms with E-state index < -0.39 is 6.10 Å². The van der Waals surface area contributed by atoms with Gasteiger partial charge in [-0.1, -0.05) is 37.4 Å². The smallest absolute Gasteiger partial charge is 0.162 e. The van der Waals surface area contributed by atoms with E-state index in [1.807, 2.05) is 31.2 Å². The molecule has 1 aromatic heterocycles. The average Bonchev–Trinajstić information content (AvgIpc) is 3.23. The average molecular weight is 484 g/mol. The van der Waals surface area contributed by atoms with Gasteiger partial charge in [-0.15, -0.1) is 11.6 Å². The number of carbonyl (C=O) groups is 1. The van der Waals surface area contributed by atoms with E-state index in [0.717, 1.165) is 27.6 Å². The molecule has 0 bridgehead atoms. The Morgan fingerprint density at radius 2 is 2.15 bits per heavy atom. The minimum absolute atomic E-state index is 0. The first-order valence-corrected chi connectivity index (χ1v) is 10.7. The van der Waals surface area contributed by atoms with Crippen molar-refractivity contribution in [3.05, 3.63) is 47.0 Å². The fourth-order valence-corrected chi connectivity index (χ4v) is 5.62. The molecule has 26 heavy (non-hydrogen) atoms. The Hall–Kier alpha value is 0.224. The largest absolute Gasteiger partial charge is 0.392 e. The summed E-state index contributed by atoms with van der Waals surface area (Å²) >= 11 is 9.78. The van der Waals surface area contributed by atoms with Crippen molar-refractivity contribution in [2.24, 2.45) is 5.92 Å². The number of hydrogen-bond donors (Lipinski definition) is 1. The van der Waals surface area contributed by atoms with Gasteiger partial charge in [0.05, 0.1) is 6.10 Å². The SMILES string of the molecule is CCC(=O)c1ccc(C2C(CCSc3nc[c-]s3)[C@H](Cl)C[C@H]2O)cc1.[Y]. The molecule has 1 radical (unpaired) electrons. The molecule has 1 aliphatic carbocycles. The van der Waals surface area contributed by atoms with Gasteiger partial charge in [-0.25, -0.2) is 0 Å². The van der Waals surface area contributed by atoms with E-state index in [-0.39, 0.29) is 55.7 Å². The summed E-state index contributed by atoms with van der Waals surface area (Å²) in [5.41, 5.74) is 1.80. The molecular weight excluding hydrogens is 463 g/mol.